The summed E-state index contributed by atoms with van der Waals surface area (Å²) < 4.78 is 17.4. The summed E-state index contributed by atoms with van der Waals surface area (Å²) in [5.41, 5.74) is -3.43. The van der Waals surface area contributed by atoms with Gasteiger partial charge in [-0.1, -0.05) is 25.5 Å². The van der Waals surface area contributed by atoms with Gasteiger partial charge in [-0.15, -0.1) is 11.3 Å². The highest BCUT2D eigenvalue weighted by molar-refractivity contribution is 7.09. The molecule has 2 heterocycles. The van der Waals surface area contributed by atoms with Crippen LogP contribution in [0.2, 0.25) is 0 Å². The molecule has 0 radical (unpaired) electrons. The van der Waals surface area contributed by atoms with Gasteiger partial charge in [0.1, 0.15) is 10.6 Å². The molecule has 38 heavy (non-hydrogen) atoms. The Morgan fingerprint density at radius 3 is 2.82 bits per heavy atom. The number of fused-ring (bicyclic) bond motifs is 5. The average molecular weight is 537 g/mol. The van der Waals surface area contributed by atoms with Crippen molar-refractivity contribution in [2.75, 3.05) is 0 Å². The normalized spacial score (nSPS) is 41.7. The minimum absolute atomic E-state index is 0.0810. The fraction of sp³-hybridized carbons (Fsp3) is 0.533. The lowest BCUT2D eigenvalue weighted by atomic mass is 9.44. The molecule has 6 nitrogen and oxygen atoms in total. The first-order valence-corrected chi connectivity index (χ1v) is 14.2. The number of rotatable bonds is 4. The molecule has 4 aliphatic carbocycles. The van der Waals surface area contributed by atoms with Crippen molar-refractivity contribution in [1.82, 2.24) is 9.97 Å². The molecule has 0 aliphatic heterocycles. The summed E-state index contributed by atoms with van der Waals surface area (Å²) in [4.78, 5) is 33.6. The van der Waals surface area contributed by atoms with Gasteiger partial charge in [0, 0.05) is 40.1 Å². The van der Waals surface area contributed by atoms with Crippen molar-refractivity contribution in [1.29, 1.82) is 0 Å². The van der Waals surface area contributed by atoms with Gasteiger partial charge < -0.3 is 10.2 Å². The van der Waals surface area contributed by atoms with E-state index in [1.807, 2.05) is 19.2 Å². The summed E-state index contributed by atoms with van der Waals surface area (Å²) in [6.45, 7) is 5.75. The summed E-state index contributed by atoms with van der Waals surface area (Å²) >= 11 is 1.34. The molecule has 8 atom stereocenters. The second kappa shape index (κ2) is 8.47. The van der Waals surface area contributed by atoms with Gasteiger partial charge in [0.15, 0.2) is 17.2 Å². The number of ketones is 2. The van der Waals surface area contributed by atoms with Gasteiger partial charge in [0.05, 0.1) is 18.2 Å². The Kier molecular flexibility index (Phi) is 5.73. The average Bonchev–Trinajstić information content (AvgIpc) is 3.43. The second-order valence-electron chi connectivity index (χ2n) is 12.1. The van der Waals surface area contributed by atoms with Crippen LogP contribution in [0.1, 0.15) is 67.5 Å². The first-order valence-electron chi connectivity index (χ1n) is 13.4. The number of allylic oxidation sites excluding steroid dienone is 4. The number of aliphatic hydroxyl groups excluding tert-OH is 1. The van der Waals surface area contributed by atoms with Gasteiger partial charge >= 0.3 is 0 Å². The summed E-state index contributed by atoms with van der Waals surface area (Å²) in [6, 6.07) is 3.44. The quantitative estimate of drug-likeness (QED) is 0.546. The zero-order valence-electron chi connectivity index (χ0n) is 21.9. The van der Waals surface area contributed by atoms with Crippen molar-refractivity contribution < 1.29 is 24.2 Å². The van der Waals surface area contributed by atoms with E-state index >= 15 is 4.39 Å². The van der Waals surface area contributed by atoms with E-state index in [1.165, 1.54) is 29.7 Å². The topological polar surface area (TPSA) is 100 Å². The monoisotopic (exact) mass is 536 g/mol. The number of hydrogen-bond donors (Lipinski definition) is 2. The summed E-state index contributed by atoms with van der Waals surface area (Å²) in [5, 5.41) is 26.4. The molecule has 6 rings (SSSR count). The zero-order valence-corrected chi connectivity index (χ0v) is 22.7. The summed E-state index contributed by atoms with van der Waals surface area (Å²) in [6.07, 6.45) is 8.34. The van der Waals surface area contributed by atoms with Crippen LogP contribution in [0.3, 0.4) is 0 Å². The van der Waals surface area contributed by atoms with Crippen LogP contribution in [0.15, 0.2) is 53.7 Å². The SMILES string of the molecule is C[C@@H]1C[C@H]2[C@@H]3CCC4=CC(=O)C=C[C@]4(C)[C@@]3(F)[C@@H](O)C[C@]2(C)[C@@]1(O)c1csc(CC(=O)c2cccnc2)n1. The van der Waals surface area contributed by atoms with E-state index < -0.39 is 34.1 Å². The van der Waals surface area contributed by atoms with Gasteiger partial charge in [0.2, 0.25) is 0 Å². The van der Waals surface area contributed by atoms with Crippen molar-refractivity contribution in [3.63, 3.8) is 0 Å². The van der Waals surface area contributed by atoms with Gasteiger partial charge in [0.25, 0.3) is 0 Å². The molecule has 0 spiro atoms. The van der Waals surface area contributed by atoms with E-state index in [2.05, 4.69) is 4.98 Å². The van der Waals surface area contributed by atoms with E-state index in [0.29, 0.717) is 35.5 Å². The molecule has 2 aromatic rings. The standard InChI is InChI=1S/C30H33FN2O4S/c1-17-11-22-21-7-6-19-12-20(34)8-9-27(19,2)29(21,31)25(36)14-28(22,3)30(17,37)24-16-38-26(33-24)13-23(35)18-5-4-10-32-15-18/h4-5,8-10,12,15-17,21-22,25,36-37H,6-7,11,13-14H2,1-3H3/t17-,21+,22+,25+,27+,28+,29+,30+/m1/s1. The van der Waals surface area contributed by atoms with Gasteiger partial charge in [-0.05, 0) is 68.7 Å². The molecule has 0 bridgehead atoms. The molecule has 0 saturated heterocycles. The number of alkyl halides is 1. The number of halogens is 1. The van der Waals surface area contributed by atoms with Crippen molar-refractivity contribution >= 4 is 22.9 Å². The molecule has 3 fully saturated rings. The molecule has 2 aromatic heterocycles. The molecule has 8 heteroatoms. The van der Waals surface area contributed by atoms with Crippen LogP contribution in [0.4, 0.5) is 4.39 Å². The van der Waals surface area contributed by atoms with E-state index in [-0.39, 0.29) is 36.2 Å². The maximum Gasteiger partial charge on any atom is 0.178 e. The fourth-order valence-electron chi connectivity index (χ4n) is 8.43. The lowest BCUT2D eigenvalue weighted by molar-refractivity contribution is -0.223. The Bertz CT molecular complexity index is 1370. The van der Waals surface area contributed by atoms with E-state index in [4.69, 9.17) is 4.98 Å². The number of thiazole rings is 1. The molecule has 200 valence electrons. The Morgan fingerprint density at radius 2 is 2.08 bits per heavy atom. The third-order valence-electron chi connectivity index (χ3n) is 10.5. The number of hydrogen-bond acceptors (Lipinski definition) is 7. The Morgan fingerprint density at radius 1 is 1.29 bits per heavy atom. The van der Waals surface area contributed by atoms with Crippen LogP contribution in [0, 0.1) is 28.6 Å². The predicted octanol–water partition coefficient (Wildman–Crippen LogP) is 4.77. The van der Waals surface area contributed by atoms with Gasteiger partial charge in [-0.3, -0.25) is 14.6 Å². The third kappa shape index (κ3) is 3.23. The highest BCUT2D eigenvalue weighted by atomic mass is 32.1. The highest BCUT2D eigenvalue weighted by Crippen LogP contribution is 2.72. The zero-order chi connectivity index (χ0) is 27.1. The smallest absolute Gasteiger partial charge is 0.178 e. The molecule has 2 N–H and O–H groups in total. The molecule has 0 amide bonds. The highest BCUT2D eigenvalue weighted by Gasteiger charge is 2.74. The maximum atomic E-state index is 17.4. The van der Waals surface area contributed by atoms with Crippen LogP contribution in [0.5, 0.6) is 0 Å². The molecular formula is C30H33FN2O4S. The first kappa shape index (κ1) is 25.7. The summed E-state index contributed by atoms with van der Waals surface area (Å²) in [7, 11) is 0. The molecule has 4 aliphatic rings. The number of nitrogens with zero attached hydrogens (tertiary/aromatic N) is 2. The Balaban J connectivity index is 1.34. The lowest BCUT2D eigenvalue weighted by Crippen LogP contribution is -2.68. The molecule has 0 unspecified atom stereocenters. The number of aromatic nitrogens is 2. The van der Waals surface area contributed by atoms with Crippen LogP contribution < -0.4 is 0 Å². The largest absolute Gasteiger partial charge is 0.390 e. The Hall–Kier alpha value is -2.55. The third-order valence-corrected chi connectivity index (χ3v) is 11.3. The van der Waals surface area contributed by atoms with Crippen molar-refractivity contribution in [2.24, 2.45) is 28.6 Å². The Labute approximate surface area is 225 Å². The van der Waals surface area contributed by atoms with Gasteiger partial charge in [-0.2, -0.15) is 0 Å². The van der Waals surface area contributed by atoms with Crippen molar-refractivity contribution in [2.45, 2.75) is 70.2 Å². The number of aliphatic hydroxyl groups is 2. The lowest BCUT2D eigenvalue weighted by Gasteiger charge is -2.62. The van der Waals surface area contributed by atoms with Crippen molar-refractivity contribution in [3.05, 3.63) is 70.0 Å². The van der Waals surface area contributed by atoms with E-state index in [0.717, 1.165) is 5.57 Å². The van der Waals surface area contributed by atoms with Crippen LogP contribution in [0.25, 0.3) is 0 Å². The minimum atomic E-state index is -1.94. The number of carbonyl (C=O) groups is 2. The number of Topliss-reactive ketones (excluding diaryl/α,β-unsaturated/α-hetero) is 1. The molecular weight excluding hydrogens is 503 g/mol. The number of carbonyl (C=O) groups excluding carboxylic acids is 2. The minimum Gasteiger partial charge on any atom is -0.390 e. The van der Waals surface area contributed by atoms with Crippen LogP contribution in [-0.2, 0) is 16.8 Å². The maximum absolute atomic E-state index is 17.4. The molecule has 3 saturated carbocycles. The van der Waals surface area contributed by atoms with Crippen molar-refractivity contribution in [3.8, 4) is 0 Å². The fourth-order valence-corrected chi connectivity index (χ4v) is 9.27. The first-order chi connectivity index (χ1) is 17.9. The van der Waals surface area contributed by atoms with Crippen LogP contribution in [-0.4, -0.2) is 43.5 Å². The van der Waals surface area contributed by atoms with Crippen LogP contribution >= 0.6 is 11.3 Å². The van der Waals surface area contributed by atoms with E-state index in [9.17, 15) is 19.8 Å². The van der Waals surface area contributed by atoms with E-state index in [1.54, 1.807) is 31.3 Å². The predicted molar refractivity (Wildman–Crippen MR) is 141 cm³/mol. The number of pyridine rings is 1. The van der Waals surface area contributed by atoms with Gasteiger partial charge in [-0.25, -0.2) is 9.37 Å². The summed E-state index contributed by atoms with van der Waals surface area (Å²) in [5.74, 6) is -1.10. The molecule has 0 aromatic carbocycles. The second-order valence-corrected chi connectivity index (χ2v) is 13.1.